The molecule has 0 aliphatic heterocycles. The van der Waals surface area contributed by atoms with E-state index in [4.69, 9.17) is 0 Å². The molecule has 0 atom stereocenters. The predicted molar refractivity (Wildman–Crippen MR) is 58.2 cm³/mol. The summed E-state index contributed by atoms with van der Waals surface area (Å²) in [5.41, 5.74) is 0. The van der Waals surface area contributed by atoms with Gasteiger partial charge in [-0.15, -0.1) is 0 Å². The van der Waals surface area contributed by atoms with Gasteiger partial charge in [-0.05, 0) is 6.92 Å². The molecule has 0 N–H and O–H groups in total. The molecular weight excluding hydrogens is 162 g/mol. The van der Waals surface area contributed by atoms with Crippen molar-refractivity contribution in [3.63, 3.8) is 0 Å². The fraction of sp³-hybridized carbons (Fsp3) is 0.700. The topological polar surface area (TPSA) is 9.49 Å². The third kappa shape index (κ3) is 3.49. The van der Waals surface area contributed by atoms with Gasteiger partial charge in [0.1, 0.15) is 0 Å². The maximum Gasteiger partial charge on any atom is 0.349 e. The summed E-state index contributed by atoms with van der Waals surface area (Å²) in [5.74, 6) is 1.21. The molecular formula is C10H22N3+. The number of hydrogen-bond acceptors (Lipinski definition) is 0. The van der Waals surface area contributed by atoms with E-state index in [1.54, 1.807) is 0 Å². The Bertz CT molecular complexity index is 190. The smallest absolute Gasteiger partial charge is 0.270 e. The van der Waals surface area contributed by atoms with Crippen molar-refractivity contribution in [1.82, 2.24) is 9.80 Å². The van der Waals surface area contributed by atoms with Crippen LogP contribution in [0.1, 0.15) is 6.92 Å². The molecule has 0 fully saturated rings. The van der Waals surface area contributed by atoms with E-state index < -0.39 is 0 Å². The Morgan fingerprint density at radius 2 is 1.92 bits per heavy atom. The normalized spacial score (nSPS) is 9.31. The number of guanidine groups is 1. The SMILES string of the molecule is C=CCN(CC)C(N(C)C)=[N+](C)C. The first kappa shape index (κ1) is 12.0. The lowest BCUT2D eigenvalue weighted by Crippen LogP contribution is -2.45. The molecule has 3 nitrogen and oxygen atoms in total. The molecule has 0 saturated carbocycles. The summed E-state index contributed by atoms with van der Waals surface area (Å²) in [6.45, 7) is 7.80. The monoisotopic (exact) mass is 184 g/mol. The van der Waals surface area contributed by atoms with Crippen LogP contribution in [0.3, 0.4) is 0 Å². The summed E-state index contributed by atoms with van der Waals surface area (Å²) in [4.78, 5) is 4.39. The zero-order valence-corrected chi connectivity index (χ0v) is 9.54. The molecule has 0 unspecified atom stereocenters. The second-order valence-electron chi connectivity index (χ2n) is 3.42. The first-order valence-electron chi connectivity index (χ1n) is 4.62. The highest BCUT2D eigenvalue weighted by Gasteiger charge is 2.18. The van der Waals surface area contributed by atoms with Gasteiger partial charge in [0.05, 0.1) is 41.3 Å². The Balaban J connectivity index is 4.70. The minimum Gasteiger partial charge on any atom is -0.270 e. The van der Waals surface area contributed by atoms with Gasteiger partial charge in [0.25, 0.3) is 0 Å². The molecule has 0 spiro atoms. The molecule has 0 radical (unpaired) electrons. The second-order valence-corrected chi connectivity index (χ2v) is 3.42. The van der Waals surface area contributed by atoms with Crippen molar-refractivity contribution >= 4 is 5.96 Å². The van der Waals surface area contributed by atoms with Gasteiger partial charge < -0.3 is 0 Å². The van der Waals surface area contributed by atoms with Crippen LogP contribution in [0.5, 0.6) is 0 Å². The standard InChI is InChI=1S/C10H22N3/c1-7-9-13(8-2)10(11(3)4)12(5)6/h7H,1,8-9H2,2-6H3/q+1. The van der Waals surface area contributed by atoms with Crippen molar-refractivity contribution < 1.29 is 4.58 Å². The van der Waals surface area contributed by atoms with Crippen LogP contribution in [0, 0.1) is 0 Å². The van der Waals surface area contributed by atoms with Gasteiger partial charge in [-0.3, -0.25) is 14.4 Å². The van der Waals surface area contributed by atoms with Crippen molar-refractivity contribution in [1.29, 1.82) is 0 Å². The van der Waals surface area contributed by atoms with Gasteiger partial charge in [0, 0.05) is 0 Å². The van der Waals surface area contributed by atoms with Crippen molar-refractivity contribution in [3.8, 4) is 0 Å². The fourth-order valence-corrected chi connectivity index (χ4v) is 1.47. The first-order chi connectivity index (χ1) is 6.04. The van der Waals surface area contributed by atoms with E-state index >= 15 is 0 Å². The molecule has 0 bridgehead atoms. The van der Waals surface area contributed by atoms with Crippen LogP contribution < -0.4 is 0 Å². The van der Waals surface area contributed by atoms with Crippen LogP contribution in [0.25, 0.3) is 0 Å². The molecule has 76 valence electrons. The molecule has 0 aromatic carbocycles. The fourth-order valence-electron chi connectivity index (χ4n) is 1.47. The number of hydrogen-bond donors (Lipinski definition) is 0. The first-order valence-corrected chi connectivity index (χ1v) is 4.62. The molecule has 0 aromatic heterocycles. The lowest BCUT2D eigenvalue weighted by molar-refractivity contribution is -0.475. The summed E-state index contributed by atoms with van der Waals surface area (Å²) < 4.78 is 2.12. The van der Waals surface area contributed by atoms with Crippen LogP contribution in [0.15, 0.2) is 12.7 Å². The Kier molecular flexibility index (Phi) is 5.19. The summed E-state index contributed by atoms with van der Waals surface area (Å²) in [5, 5.41) is 0. The number of nitrogens with zero attached hydrogens (tertiary/aromatic N) is 3. The molecule has 0 aromatic rings. The summed E-state index contributed by atoms with van der Waals surface area (Å²) >= 11 is 0. The minimum absolute atomic E-state index is 0.891. The molecule has 0 saturated heterocycles. The third-order valence-corrected chi connectivity index (χ3v) is 1.81. The van der Waals surface area contributed by atoms with Crippen LogP contribution in [-0.2, 0) is 0 Å². The van der Waals surface area contributed by atoms with Crippen LogP contribution >= 0.6 is 0 Å². The van der Waals surface area contributed by atoms with Crippen LogP contribution in [-0.4, -0.2) is 61.6 Å². The average Bonchev–Trinajstić information content (AvgIpc) is 2.02. The zero-order valence-electron chi connectivity index (χ0n) is 9.54. The molecule has 0 rings (SSSR count). The van der Waals surface area contributed by atoms with Gasteiger partial charge in [-0.25, -0.2) is 0 Å². The quantitative estimate of drug-likeness (QED) is 0.276. The third-order valence-electron chi connectivity index (χ3n) is 1.81. The van der Waals surface area contributed by atoms with E-state index in [0.717, 1.165) is 13.1 Å². The molecule has 13 heavy (non-hydrogen) atoms. The lowest BCUT2D eigenvalue weighted by atomic mass is 10.5. The zero-order chi connectivity index (χ0) is 10.4. The van der Waals surface area contributed by atoms with E-state index in [2.05, 4.69) is 56.1 Å². The number of rotatable bonds is 3. The minimum atomic E-state index is 0.891. The van der Waals surface area contributed by atoms with Crippen LogP contribution in [0.2, 0.25) is 0 Å². The van der Waals surface area contributed by atoms with E-state index in [1.807, 2.05) is 6.08 Å². The van der Waals surface area contributed by atoms with Crippen molar-refractivity contribution in [3.05, 3.63) is 12.7 Å². The molecule has 0 aliphatic carbocycles. The van der Waals surface area contributed by atoms with Crippen molar-refractivity contribution in [2.24, 2.45) is 0 Å². The summed E-state index contributed by atoms with van der Waals surface area (Å²) in [6.07, 6.45) is 1.93. The van der Waals surface area contributed by atoms with E-state index in [9.17, 15) is 0 Å². The Morgan fingerprint density at radius 3 is 2.15 bits per heavy atom. The Hall–Kier alpha value is -0.990. The highest BCUT2D eigenvalue weighted by atomic mass is 15.4. The lowest BCUT2D eigenvalue weighted by Gasteiger charge is -2.22. The van der Waals surface area contributed by atoms with Crippen molar-refractivity contribution in [2.75, 3.05) is 41.3 Å². The van der Waals surface area contributed by atoms with Crippen molar-refractivity contribution in [2.45, 2.75) is 6.92 Å². The predicted octanol–water partition coefficient (Wildman–Crippen LogP) is 0.684. The molecule has 3 heteroatoms. The van der Waals surface area contributed by atoms with Gasteiger partial charge >= 0.3 is 5.96 Å². The molecule has 0 heterocycles. The average molecular weight is 184 g/mol. The highest BCUT2D eigenvalue weighted by Crippen LogP contribution is 1.94. The van der Waals surface area contributed by atoms with Gasteiger partial charge in [-0.2, -0.15) is 0 Å². The maximum atomic E-state index is 3.76. The van der Waals surface area contributed by atoms with Crippen LogP contribution in [0.4, 0.5) is 0 Å². The maximum absolute atomic E-state index is 3.76. The van der Waals surface area contributed by atoms with Gasteiger partial charge in [0.15, 0.2) is 0 Å². The molecule has 0 aliphatic rings. The Morgan fingerprint density at radius 1 is 1.38 bits per heavy atom. The largest absolute Gasteiger partial charge is 0.349 e. The summed E-state index contributed by atoms with van der Waals surface area (Å²) in [7, 11) is 8.23. The van der Waals surface area contributed by atoms with Gasteiger partial charge in [0.2, 0.25) is 0 Å². The second kappa shape index (κ2) is 5.62. The Labute approximate surface area is 82.0 Å². The number of likely N-dealkylation sites (N-methyl/N-ethyl adjacent to an activating group) is 1. The van der Waals surface area contributed by atoms with E-state index in [0.29, 0.717) is 0 Å². The van der Waals surface area contributed by atoms with E-state index in [1.165, 1.54) is 5.96 Å². The van der Waals surface area contributed by atoms with Gasteiger partial charge in [-0.1, -0.05) is 12.7 Å². The molecule has 0 amide bonds. The highest BCUT2D eigenvalue weighted by molar-refractivity contribution is 5.74. The summed E-state index contributed by atoms with van der Waals surface area (Å²) in [6, 6.07) is 0. The van der Waals surface area contributed by atoms with E-state index in [-0.39, 0.29) is 0 Å².